The van der Waals surface area contributed by atoms with Gasteiger partial charge in [-0.1, -0.05) is 30.3 Å². The maximum absolute atomic E-state index is 12.8. The third-order valence-electron chi connectivity index (χ3n) is 6.81. The Morgan fingerprint density at radius 1 is 0.974 bits per heavy atom. The predicted molar refractivity (Wildman–Crippen MR) is 150 cm³/mol. The number of aromatic amines is 1. The molecular formula is C29H31N7O3. The van der Waals surface area contributed by atoms with Crippen LogP contribution in [0, 0.1) is 0 Å². The maximum Gasteiger partial charge on any atom is 0.407 e. The zero-order valence-corrected chi connectivity index (χ0v) is 21.7. The Labute approximate surface area is 226 Å². The fourth-order valence-corrected chi connectivity index (χ4v) is 4.52. The van der Waals surface area contributed by atoms with Crippen LogP contribution < -0.4 is 10.2 Å². The molecule has 2 aromatic heterocycles. The molecule has 1 fully saturated rings. The number of hydrogen-bond donors (Lipinski definition) is 3. The van der Waals surface area contributed by atoms with E-state index in [2.05, 4.69) is 37.3 Å². The van der Waals surface area contributed by atoms with E-state index in [-0.39, 0.29) is 19.0 Å². The molecule has 1 aliphatic rings. The van der Waals surface area contributed by atoms with Crippen LogP contribution in [0.3, 0.4) is 0 Å². The van der Waals surface area contributed by atoms with E-state index in [1.54, 1.807) is 24.5 Å². The number of nitrogens with one attached hydrogen (secondary N) is 2. The van der Waals surface area contributed by atoms with E-state index < -0.39 is 6.09 Å². The summed E-state index contributed by atoms with van der Waals surface area (Å²) in [6.07, 6.45) is 2.33. The number of piperazine rings is 1. The van der Waals surface area contributed by atoms with Gasteiger partial charge in [-0.2, -0.15) is 5.10 Å². The highest BCUT2D eigenvalue weighted by Crippen LogP contribution is 2.22. The minimum Gasteiger partial charge on any atom is -0.465 e. The van der Waals surface area contributed by atoms with Crippen LogP contribution in [-0.4, -0.2) is 75.3 Å². The molecule has 4 aromatic rings. The lowest BCUT2D eigenvalue weighted by atomic mass is 10.1. The zero-order valence-electron chi connectivity index (χ0n) is 21.7. The Morgan fingerprint density at radius 3 is 2.36 bits per heavy atom. The van der Waals surface area contributed by atoms with Crippen molar-refractivity contribution < 1.29 is 14.7 Å². The number of H-pyrrole nitrogens is 1. The first-order valence-corrected chi connectivity index (χ1v) is 12.8. The number of carbonyl (C=O) groups excluding carboxylic acids is 1. The monoisotopic (exact) mass is 525 g/mol. The van der Waals surface area contributed by atoms with Crippen molar-refractivity contribution in [2.75, 3.05) is 43.4 Å². The van der Waals surface area contributed by atoms with Crippen LogP contribution >= 0.6 is 0 Å². The highest BCUT2D eigenvalue weighted by Gasteiger charge is 2.16. The molecule has 1 aliphatic heterocycles. The number of aromatic nitrogens is 3. The molecule has 0 aliphatic carbocycles. The first kappa shape index (κ1) is 25.9. The van der Waals surface area contributed by atoms with Gasteiger partial charge >= 0.3 is 6.09 Å². The molecule has 0 atom stereocenters. The average molecular weight is 526 g/mol. The SMILES string of the molecule is CN1CCN(c2ccc(C(=O)Nc3cc(-c4ccc(CN(Cc5cccnc5)C(=O)O)cc4)n[nH]3)cc2)CC1. The first-order chi connectivity index (χ1) is 18.9. The van der Waals surface area contributed by atoms with Gasteiger partial charge < -0.3 is 20.2 Å². The summed E-state index contributed by atoms with van der Waals surface area (Å²) in [5.74, 6) is 0.281. The van der Waals surface area contributed by atoms with Crippen molar-refractivity contribution in [3.8, 4) is 11.3 Å². The number of likely N-dealkylation sites (N-methyl/N-ethyl adjacent to an activating group) is 1. The molecule has 200 valence electrons. The molecule has 2 aromatic carbocycles. The summed E-state index contributed by atoms with van der Waals surface area (Å²) in [5.41, 5.74) is 4.90. The molecule has 3 N–H and O–H groups in total. The fourth-order valence-electron chi connectivity index (χ4n) is 4.52. The molecule has 1 saturated heterocycles. The van der Waals surface area contributed by atoms with E-state index in [0.29, 0.717) is 17.1 Å². The summed E-state index contributed by atoms with van der Waals surface area (Å²) in [6.45, 7) is 4.51. The minimum absolute atomic E-state index is 0.215. The second-order valence-corrected chi connectivity index (χ2v) is 9.66. The van der Waals surface area contributed by atoms with Gasteiger partial charge in [0.15, 0.2) is 0 Å². The van der Waals surface area contributed by atoms with E-state index in [1.807, 2.05) is 54.6 Å². The van der Waals surface area contributed by atoms with Crippen LogP contribution in [0.15, 0.2) is 79.1 Å². The summed E-state index contributed by atoms with van der Waals surface area (Å²) in [4.78, 5) is 34.6. The highest BCUT2D eigenvalue weighted by molar-refractivity contribution is 6.04. The molecule has 0 saturated carbocycles. The highest BCUT2D eigenvalue weighted by atomic mass is 16.4. The average Bonchev–Trinajstić information content (AvgIpc) is 3.42. The number of anilines is 2. The molecule has 0 unspecified atom stereocenters. The van der Waals surface area contributed by atoms with Crippen molar-refractivity contribution in [3.63, 3.8) is 0 Å². The molecule has 0 bridgehead atoms. The smallest absolute Gasteiger partial charge is 0.407 e. The lowest BCUT2D eigenvalue weighted by molar-refractivity contribution is 0.102. The maximum atomic E-state index is 12.8. The topological polar surface area (TPSA) is 118 Å². The molecule has 5 rings (SSSR count). The van der Waals surface area contributed by atoms with Crippen molar-refractivity contribution >= 4 is 23.5 Å². The van der Waals surface area contributed by atoms with Crippen LogP contribution in [0.2, 0.25) is 0 Å². The lowest BCUT2D eigenvalue weighted by Gasteiger charge is -2.34. The largest absolute Gasteiger partial charge is 0.465 e. The number of carbonyl (C=O) groups is 2. The first-order valence-electron chi connectivity index (χ1n) is 12.8. The van der Waals surface area contributed by atoms with Crippen LogP contribution in [0.1, 0.15) is 21.5 Å². The van der Waals surface area contributed by atoms with E-state index >= 15 is 0 Å². The number of benzene rings is 2. The Balaban J connectivity index is 1.18. The van der Waals surface area contributed by atoms with Gasteiger partial charge in [-0.25, -0.2) is 4.79 Å². The second kappa shape index (κ2) is 11.8. The minimum atomic E-state index is -0.996. The number of hydrogen-bond acceptors (Lipinski definition) is 6. The molecule has 0 radical (unpaired) electrons. The Kier molecular flexibility index (Phi) is 7.83. The van der Waals surface area contributed by atoms with Crippen LogP contribution in [-0.2, 0) is 13.1 Å². The quantitative estimate of drug-likeness (QED) is 0.316. The molecule has 0 spiro atoms. The van der Waals surface area contributed by atoms with E-state index in [1.165, 1.54) is 4.90 Å². The van der Waals surface area contributed by atoms with E-state index in [4.69, 9.17) is 0 Å². The molecule has 3 heterocycles. The normalized spacial score (nSPS) is 13.7. The summed E-state index contributed by atoms with van der Waals surface area (Å²) in [5, 5.41) is 19.7. The molecule has 10 heteroatoms. The van der Waals surface area contributed by atoms with Gasteiger partial charge in [-0.05, 0) is 48.5 Å². The summed E-state index contributed by atoms with van der Waals surface area (Å²) in [7, 11) is 2.13. The molecule has 2 amide bonds. The van der Waals surface area contributed by atoms with Crippen LogP contribution in [0.4, 0.5) is 16.3 Å². The Hall–Kier alpha value is -4.70. The fraction of sp³-hybridized carbons (Fsp3) is 0.241. The van der Waals surface area contributed by atoms with Crippen molar-refractivity contribution in [2.45, 2.75) is 13.1 Å². The Bertz CT molecular complexity index is 1400. The summed E-state index contributed by atoms with van der Waals surface area (Å²) < 4.78 is 0. The number of pyridine rings is 1. The number of carboxylic acid groups (broad SMARTS) is 1. The van der Waals surface area contributed by atoms with Gasteiger partial charge in [0.2, 0.25) is 0 Å². The summed E-state index contributed by atoms with van der Waals surface area (Å²) in [6, 6.07) is 20.6. The van der Waals surface area contributed by atoms with Crippen molar-refractivity contribution in [1.82, 2.24) is 25.0 Å². The number of nitrogens with zero attached hydrogens (tertiary/aromatic N) is 5. The van der Waals surface area contributed by atoms with Gasteiger partial charge in [0.1, 0.15) is 5.82 Å². The van der Waals surface area contributed by atoms with Crippen molar-refractivity contribution in [3.05, 3.63) is 95.8 Å². The number of rotatable bonds is 8. The van der Waals surface area contributed by atoms with Gasteiger partial charge in [0, 0.05) is 68.0 Å². The second-order valence-electron chi connectivity index (χ2n) is 9.66. The van der Waals surface area contributed by atoms with Gasteiger partial charge in [-0.3, -0.25) is 19.8 Å². The van der Waals surface area contributed by atoms with E-state index in [0.717, 1.165) is 48.6 Å². The molecular weight excluding hydrogens is 494 g/mol. The lowest BCUT2D eigenvalue weighted by Crippen LogP contribution is -2.44. The third-order valence-corrected chi connectivity index (χ3v) is 6.81. The van der Waals surface area contributed by atoms with Crippen molar-refractivity contribution in [2.24, 2.45) is 0 Å². The Morgan fingerprint density at radius 2 is 1.69 bits per heavy atom. The predicted octanol–water partition coefficient (Wildman–Crippen LogP) is 4.16. The zero-order chi connectivity index (χ0) is 27.2. The number of amides is 2. The van der Waals surface area contributed by atoms with E-state index in [9.17, 15) is 14.7 Å². The molecule has 10 nitrogen and oxygen atoms in total. The molecule has 39 heavy (non-hydrogen) atoms. The summed E-state index contributed by atoms with van der Waals surface area (Å²) >= 11 is 0. The van der Waals surface area contributed by atoms with Crippen LogP contribution in [0.5, 0.6) is 0 Å². The van der Waals surface area contributed by atoms with Gasteiger partial charge in [-0.15, -0.1) is 0 Å². The van der Waals surface area contributed by atoms with Gasteiger partial charge in [0.25, 0.3) is 5.91 Å². The van der Waals surface area contributed by atoms with Crippen molar-refractivity contribution in [1.29, 1.82) is 0 Å². The van der Waals surface area contributed by atoms with Crippen LogP contribution in [0.25, 0.3) is 11.3 Å². The third kappa shape index (κ3) is 6.60. The standard InChI is InChI=1S/C29H31N7O3/c1-34-13-15-35(16-14-34)25-10-8-24(9-11-25)28(37)31-27-17-26(32-33-27)23-6-4-21(5-7-23)19-36(29(38)39)20-22-3-2-12-30-18-22/h2-12,17-18H,13-16,19-20H2,1H3,(H,38,39)(H2,31,32,33,37). The van der Waals surface area contributed by atoms with Gasteiger partial charge in [0.05, 0.1) is 12.2 Å².